The molecule has 0 aliphatic rings. The Bertz CT molecular complexity index is 1510. The summed E-state index contributed by atoms with van der Waals surface area (Å²) in [5, 5.41) is 8.69. The maximum Gasteiger partial charge on any atom is 0.0909 e. The van der Waals surface area contributed by atoms with Crippen LogP contribution < -0.4 is 5.73 Å². The average molecular weight is 724 g/mol. The van der Waals surface area contributed by atoms with Gasteiger partial charge in [-0.1, -0.05) is 70.5 Å². The van der Waals surface area contributed by atoms with E-state index in [4.69, 9.17) is 27.2 Å². The normalized spacial score (nSPS) is 9.65. The maximum atomic E-state index is 8.07. The minimum atomic E-state index is 0. The van der Waals surface area contributed by atoms with Crippen molar-refractivity contribution in [1.82, 2.24) is 29.9 Å². The van der Waals surface area contributed by atoms with Crippen LogP contribution in [0.2, 0.25) is 5.02 Å². The third-order valence-corrected chi connectivity index (χ3v) is 6.93. The predicted molar refractivity (Wildman–Crippen MR) is 217 cm³/mol. The Labute approximate surface area is 315 Å². The van der Waals surface area contributed by atoms with Crippen molar-refractivity contribution in [3.8, 4) is 45.6 Å². The lowest BCUT2D eigenvalue weighted by molar-refractivity contribution is 0.102. The van der Waals surface area contributed by atoms with Crippen LogP contribution in [0.15, 0.2) is 122 Å². The quantitative estimate of drug-likeness (QED) is 0.133. The second-order valence-electron chi connectivity index (χ2n) is 10.7. The van der Waals surface area contributed by atoms with E-state index in [1.54, 1.807) is 36.9 Å². The molecule has 0 aromatic carbocycles. The highest BCUT2D eigenvalue weighted by atomic mass is 35.5. The fourth-order valence-electron chi connectivity index (χ4n) is 4.35. The summed E-state index contributed by atoms with van der Waals surface area (Å²) >= 11 is 6.15. The van der Waals surface area contributed by atoms with E-state index < -0.39 is 0 Å². The Balaban J connectivity index is 0.000000387. The van der Waals surface area contributed by atoms with E-state index in [0.717, 1.165) is 57.7 Å². The van der Waals surface area contributed by atoms with Crippen LogP contribution in [-0.2, 0) is 4.74 Å². The lowest BCUT2D eigenvalue weighted by atomic mass is 10.1. The molecule has 0 radical (unpaired) electrons. The zero-order valence-corrected chi connectivity index (χ0v) is 29.7. The summed E-state index contributed by atoms with van der Waals surface area (Å²) in [6, 6.07) is 30.7. The number of aryl methyl sites for hydroxylation is 1. The summed E-state index contributed by atoms with van der Waals surface area (Å²) in [5.41, 5.74) is 12.9. The average Bonchev–Trinajstić information content (AvgIpc) is 3.18. The molecule has 0 unspecified atom stereocenters. The van der Waals surface area contributed by atoms with Crippen molar-refractivity contribution in [3.05, 3.63) is 132 Å². The van der Waals surface area contributed by atoms with E-state index in [-0.39, 0.29) is 21.5 Å². The fraction of sp³-hybridized carbons (Fsp3) is 0.286. The Morgan fingerprint density at radius 3 is 1.23 bits per heavy atom. The highest BCUT2D eigenvalue weighted by Crippen LogP contribution is 2.25. The number of nitrogens with two attached hydrogens (primary N) is 1. The second kappa shape index (κ2) is 26.8. The molecule has 6 heterocycles. The number of aromatic nitrogens is 6. The third-order valence-electron chi connectivity index (χ3n) is 6.72. The predicted octanol–water partition coefficient (Wildman–Crippen LogP) is 9.80. The van der Waals surface area contributed by atoms with E-state index in [0.29, 0.717) is 18.2 Å². The van der Waals surface area contributed by atoms with Crippen LogP contribution in [0, 0.1) is 6.92 Å². The van der Waals surface area contributed by atoms with Crippen molar-refractivity contribution in [2.75, 3.05) is 26.4 Å². The number of unbranched alkanes of at least 4 members (excludes halogenated alkanes) is 2. The molecule has 0 fully saturated rings. The van der Waals surface area contributed by atoms with Gasteiger partial charge in [-0.3, -0.25) is 19.9 Å². The summed E-state index contributed by atoms with van der Waals surface area (Å²) in [5.74, 6) is 0. The van der Waals surface area contributed by atoms with Gasteiger partial charge in [0.1, 0.15) is 0 Å². The van der Waals surface area contributed by atoms with Crippen LogP contribution >= 0.6 is 11.6 Å². The zero-order valence-electron chi connectivity index (χ0n) is 29.0. The Morgan fingerprint density at radius 1 is 0.596 bits per heavy atom. The van der Waals surface area contributed by atoms with Crippen molar-refractivity contribution in [1.29, 1.82) is 0 Å². The van der Waals surface area contributed by atoms with Gasteiger partial charge in [0.05, 0.1) is 58.8 Å². The first-order valence-corrected chi connectivity index (χ1v) is 17.1. The lowest BCUT2D eigenvalue weighted by Crippen LogP contribution is -1.96. The molecule has 276 valence electrons. The number of hydrogen-bond donors (Lipinski definition) is 2. The molecular formula is C42H54ClN7O2. The molecule has 0 bridgehead atoms. The Morgan fingerprint density at radius 2 is 0.981 bits per heavy atom. The molecule has 6 rings (SSSR count). The molecule has 0 aliphatic carbocycles. The summed E-state index contributed by atoms with van der Waals surface area (Å²) in [6.45, 7) is 8.28. The minimum absolute atomic E-state index is 0. The van der Waals surface area contributed by atoms with Crippen LogP contribution in [-0.4, -0.2) is 61.4 Å². The van der Waals surface area contributed by atoms with Gasteiger partial charge in [0.15, 0.2) is 0 Å². The van der Waals surface area contributed by atoms with Gasteiger partial charge in [0.2, 0.25) is 0 Å². The fourth-order valence-corrected chi connectivity index (χ4v) is 4.56. The lowest BCUT2D eigenvalue weighted by Gasteiger charge is -2.06. The SMILES string of the molecule is C.C.CCCCCN.CCOCCO.Cc1cc(-c2ccccn2)nc(-c2ccccn2)c1.Clc1cc(-c2ccccn2)nc(-c2ccccn2)c1. The number of hydrogen-bond acceptors (Lipinski definition) is 9. The molecule has 9 nitrogen and oxygen atoms in total. The molecule has 0 amide bonds. The van der Waals surface area contributed by atoms with Crippen LogP contribution in [0.3, 0.4) is 0 Å². The summed E-state index contributed by atoms with van der Waals surface area (Å²) in [7, 11) is 0. The monoisotopic (exact) mass is 723 g/mol. The number of rotatable bonds is 10. The van der Waals surface area contributed by atoms with E-state index >= 15 is 0 Å². The maximum absolute atomic E-state index is 8.07. The zero-order chi connectivity index (χ0) is 35.8. The Hall–Kier alpha value is -4.93. The first-order chi connectivity index (χ1) is 24.5. The molecule has 10 heteroatoms. The van der Waals surface area contributed by atoms with E-state index in [1.807, 2.05) is 91.9 Å². The highest BCUT2D eigenvalue weighted by Gasteiger charge is 2.08. The molecular weight excluding hydrogens is 670 g/mol. The molecule has 3 N–H and O–H groups in total. The van der Waals surface area contributed by atoms with Gasteiger partial charge in [0, 0.05) is 36.4 Å². The van der Waals surface area contributed by atoms with Crippen molar-refractivity contribution >= 4 is 11.6 Å². The van der Waals surface area contributed by atoms with Crippen LogP contribution in [0.5, 0.6) is 0 Å². The molecule has 0 saturated heterocycles. The molecule has 6 aromatic rings. The molecule has 0 atom stereocenters. The molecule has 0 aliphatic heterocycles. The number of aliphatic hydroxyl groups is 1. The summed E-state index contributed by atoms with van der Waals surface area (Å²) in [4.78, 5) is 26.5. The second-order valence-corrected chi connectivity index (χ2v) is 11.2. The third kappa shape index (κ3) is 16.4. The first-order valence-electron chi connectivity index (χ1n) is 16.7. The van der Waals surface area contributed by atoms with Gasteiger partial charge in [-0.05, 0) is 105 Å². The minimum Gasteiger partial charge on any atom is -0.394 e. The standard InChI is InChI=1S/C16H13N3.C15H10ClN3.C5H13N.C4H10O2.2CH4/c1-12-10-15(13-6-2-4-8-17-13)19-16(11-12)14-7-3-5-9-18-14;16-11-9-14(12-5-1-3-7-17-12)19-15(10-11)13-6-2-4-8-18-13;1-2-3-4-5-6;1-2-6-4-3-5;;/h2-11H,1H3;1-10H;2-6H2,1H3;5H,2-4H2,1H3;2*1H4. The van der Waals surface area contributed by atoms with Crippen LogP contribution in [0.4, 0.5) is 0 Å². The van der Waals surface area contributed by atoms with E-state index in [9.17, 15) is 0 Å². The van der Waals surface area contributed by atoms with Gasteiger partial charge in [-0.15, -0.1) is 0 Å². The van der Waals surface area contributed by atoms with Crippen molar-refractivity contribution in [2.24, 2.45) is 5.73 Å². The van der Waals surface area contributed by atoms with Gasteiger partial charge >= 0.3 is 0 Å². The largest absolute Gasteiger partial charge is 0.394 e. The molecule has 52 heavy (non-hydrogen) atoms. The molecule has 6 aromatic heterocycles. The van der Waals surface area contributed by atoms with E-state index in [1.165, 1.54) is 19.3 Å². The Kier molecular flexibility index (Phi) is 23.3. The molecule has 0 spiro atoms. The van der Waals surface area contributed by atoms with Gasteiger partial charge in [0.25, 0.3) is 0 Å². The van der Waals surface area contributed by atoms with Gasteiger partial charge < -0.3 is 15.6 Å². The number of pyridine rings is 6. The number of halogens is 1. The van der Waals surface area contributed by atoms with Gasteiger partial charge in [-0.2, -0.15) is 0 Å². The number of aliphatic hydroxyl groups excluding tert-OH is 1. The van der Waals surface area contributed by atoms with Crippen molar-refractivity contribution in [2.45, 2.75) is 54.9 Å². The molecule has 0 saturated carbocycles. The summed E-state index contributed by atoms with van der Waals surface area (Å²) < 4.78 is 4.73. The van der Waals surface area contributed by atoms with Crippen LogP contribution in [0.25, 0.3) is 45.6 Å². The summed E-state index contributed by atoms with van der Waals surface area (Å²) in [6.07, 6.45) is 10.8. The van der Waals surface area contributed by atoms with Crippen molar-refractivity contribution < 1.29 is 9.84 Å². The van der Waals surface area contributed by atoms with Crippen molar-refractivity contribution in [3.63, 3.8) is 0 Å². The van der Waals surface area contributed by atoms with Gasteiger partial charge in [-0.25, -0.2) is 9.97 Å². The number of ether oxygens (including phenoxy) is 1. The smallest absolute Gasteiger partial charge is 0.0909 e. The van der Waals surface area contributed by atoms with Crippen LogP contribution in [0.1, 0.15) is 53.5 Å². The highest BCUT2D eigenvalue weighted by molar-refractivity contribution is 6.31. The topological polar surface area (TPSA) is 133 Å². The van der Waals surface area contributed by atoms with E-state index in [2.05, 4.69) is 43.8 Å². The first kappa shape index (κ1) is 45.1. The number of nitrogens with zero attached hydrogens (tertiary/aromatic N) is 6.